The summed E-state index contributed by atoms with van der Waals surface area (Å²) >= 11 is 0. The average Bonchev–Trinajstić information content (AvgIpc) is 3.10. The molecule has 0 unspecified atom stereocenters. The summed E-state index contributed by atoms with van der Waals surface area (Å²) in [5.74, 6) is -2.38. The van der Waals surface area contributed by atoms with Crippen molar-refractivity contribution in [2.24, 2.45) is 0 Å². The van der Waals surface area contributed by atoms with Gasteiger partial charge in [0.25, 0.3) is 0 Å². The Kier molecular flexibility index (Phi) is 13.0. The summed E-state index contributed by atoms with van der Waals surface area (Å²) in [7, 11) is 1.44. The van der Waals surface area contributed by atoms with Crippen LogP contribution in [0.25, 0.3) is 0 Å². The van der Waals surface area contributed by atoms with E-state index in [1.807, 2.05) is 37.8 Å². The number of carbonyl (C=O) groups excluding carboxylic acids is 3. The molecule has 0 saturated carbocycles. The predicted octanol–water partition coefficient (Wildman–Crippen LogP) is 7.50. The first kappa shape index (κ1) is 35.4. The Hall–Kier alpha value is -5.08. The van der Waals surface area contributed by atoms with Gasteiger partial charge in [0.15, 0.2) is 11.4 Å². The first-order valence-electron chi connectivity index (χ1n) is 15.3. The molecule has 8 nitrogen and oxygen atoms in total. The highest BCUT2D eigenvalue weighted by atomic mass is 16.5. The Balaban J connectivity index is 0.000000250. The number of carboxylic acid groups (broad SMARTS) is 1. The third-order valence-electron chi connectivity index (χ3n) is 7.79. The van der Waals surface area contributed by atoms with Crippen molar-refractivity contribution in [3.8, 4) is 5.75 Å². The number of aromatic carboxylic acids is 1. The number of nitrogens with zero attached hydrogens (tertiary/aromatic N) is 1. The first-order valence-corrected chi connectivity index (χ1v) is 15.3. The molecular weight excluding hydrogens is 582 g/mol. The molecule has 0 spiro atoms. The van der Waals surface area contributed by atoms with Crippen LogP contribution < -0.4 is 4.90 Å². The third-order valence-corrected chi connectivity index (χ3v) is 7.79. The molecule has 4 aromatic rings. The third kappa shape index (κ3) is 8.14. The van der Waals surface area contributed by atoms with Gasteiger partial charge in [-0.25, -0.2) is 4.79 Å². The van der Waals surface area contributed by atoms with Crippen molar-refractivity contribution in [3.63, 3.8) is 0 Å². The van der Waals surface area contributed by atoms with Gasteiger partial charge in [0.05, 0.1) is 11.1 Å². The largest absolute Gasteiger partial charge is 0.507 e. The Labute approximate surface area is 270 Å². The summed E-state index contributed by atoms with van der Waals surface area (Å²) in [6.07, 6.45) is 2.00. The molecule has 4 rings (SSSR count). The molecule has 8 heteroatoms. The van der Waals surface area contributed by atoms with Crippen LogP contribution in [0.4, 0.5) is 5.69 Å². The van der Waals surface area contributed by atoms with Crippen LogP contribution in [0.3, 0.4) is 0 Å². The minimum absolute atomic E-state index is 0.0610. The fourth-order valence-corrected chi connectivity index (χ4v) is 5.20. The van der Waals surface area contributed by atoms with Crippen molar-refractivity contribution in [1.82, 2.24) is 0 Å². The van der Waals surface area contributed by atoms with E-state index in [2.05, 4.69) is 0 Å². The number of carbonyl (C=O) groups is 4. The maximum Gasteiger partial charge on any atom is 0.336 e. The lowest BCUT2D eigenvalue weighted by atomic mass is 9.81. The Morgan fingerprint density at radius 3 is 1.63 bits per heavy atom. The zero-order chi connectivity index (χ0) is 33.7. The number of unbranched alkanes of at least 4 members (excludes halogenated alkanes) is 1. The van der Waals surface area contributed by atoms with Gasteiger partial charge in [-0.05, 0) is 44.9 Å². The number of Topliss-reactive ketones (excluding diaryl/α,β-unsaturated/α-hetero) is 2. The molecule has 46 heavy (non-hydrogen) atoms. The topological polar surface area (TPSA) is 121 Å². The standard InChI is InChI=1S/C20H22O3.C18H19NO4/c1-3-4-15-20(23-2,18(21)16-11-7-5-8-12-16)19(22)17-13-9-6-10-14-17;1-3-19(4-2)12-9-10-15(16(20)11-12)17(21)13-7-5-6-8-14(13)18(22)23/h5-14H,3-4,15H2,1-2H3;5-11,20H,3-4H2,1-2H3,(H,22,23). The minimum atomic E-state index is -1.46. The monoisotopic (exact) mass is 623 g/mol. The van der Waals surface area contributed by atoms with Crippen LogP contribution in [0.5, 0.6) is 5.75 Å². The first-order chi connectivity index (χ1) is 22.1. The van der Waals surface area contributed by atoms with Gasteiger partial charge < -0.3 is 19.8 Å². The summed E-state index contributed by atoms with van der Waals surface area (Å²) in [5, 5.41) is 19.4. The summed E-state index contributed by atoms with van der Waals surface area (Å²) in [4.78, 5) is 52.0. The second kappa shape index (κ2) is 16.8. The molecule has 0 fully saturated rings. The summed E-state index contributed by atoms with van der Waals surface area (Å²) < 4.78 is 5.57. The molecule has 0 saturated heterocycles. The zero-order valence-electron chi connectivity index (χ0n) is 26.7. The maximum absolute atomic E-state index is 13.1. The highest BCUT2D eigenvalue weighted by Crippen LogP contribution is 2.29. The van der Waals surface area contributed by atoms with Crippen LogP contribution in [0, 0.1) is 0 Å². The number of ketones is 3. The van der Waals surface area contributed by atoms with Crippen molar-refractivity contribution < 1.29 is 34.1 Å². The van der Waals surface area contributed by atoms with Gasteiger partial charge in [0, 0.05) is 48.6 Å². The zero-order valence-corrected chi connectivity index (χ0v) is 26.7. The second-order valence-corrected chi connectivity index (χ2v) is 10.6. The summed E-state index contributed by atoms with van der Waals surface area (Å²) in [6, 6.07) is 28.5. The van der Waals surface area contributed by atoms with E-state index in [4.69, 9.17) is 4.74 Å². The van der Waals surface area contributed by atoms with Crippen molar-refractivity contribution in [3.05, 3.63) is 131 Å². The quantitative estimate of drug-likeness (QED) is 0.109. The van der Waals surface area contributed by atoms with E-state index < -0.39 is 17.4 Å². The summed E-state index contributed by atoms with van der Waals surface area (Å²) in [6.45, 7) is 7.60. The number of aromatic hydroxyl groups is 1. The molecule has 0 aliphatic heterocycles. The molecule has 0 aliphatic rings. The van der Waals surface area contributed by atoms with Gasteiger partial charge in [0.2, 0.25) is 11.6 Å². The van der Waals surface area contributed by atoms with Crippen molar-refractivity contribution in [1.29, 1.82) is 0 Å². The number of hydrogen-bond donors (Lipinski definition) is 2. The highest BCUT2D eigenvalue weighted by Gasteiger charge is 2.46. The molecule has 0 heterocycles. The van der Waals surface area contributed by atoms with Crippen molar-refractivity contribution in [2.75, 3.05) is 25.1 Å². The Morgan fingerprint density at radius 1 is 0.696 bits per heavy atom. The van der Waals surface area contributed by atoms with Crippen molar-refractivity contribution >= 4 is 29.0 Å². The van der Waals surface area contributed by atoms with Gasteiger partial charge in [-0.2, -0.15) is 0 Å². The lowest BCUT2D eigenvalue weighted by Crippen LogP contribution is -2.48. The summed E-state index contributed by atoms with van der Waals surface area (Å²) in [5.41, 5.74) is 0.420. The number of anilines is 1. The number of phenolic OH excluding ortho intramolecular Hbond substituents is 1. The average molecular weight is 624 g/mol. The van der Waals surface area contributed by atoms with E-state index in [0.717, 1.165) is 31.6 Å². The maximum atomic E-state index is 13.1. The van der Waals surface area contributed by atoms with Gasteiger partial charge in [-0.1, -0.05) is 92.2 Å². The van der Waals surface area contributed by atoms with Crippen LogP contribution in [0.2, 0.25) is 0 Å². The number of hydrogen-bond acceptors (Lipinski definition) is 7. The van der Waals surface area contributed by atoms with Gasteiger partial charge in [-0.15, -0.1) is 0 Å². The number of benzene rings is 4. The fraction of sp³-hybridized carbons (Fsp3) is 0.263. The molecule has 0 aliphatic carbocycles. The van der Waals surface area contributed by atoms with Crippen LogP contribution >= 0.6 is 0 Å². The molecular formula is C38H41NO7. The predicted molar refractivity (Wildman–Crippen MR) is 179 cm³/mol. The van der Waals surface area contributed by atoms with Gasteiger partial charge in [-0.3, -0.25) is 14.4 Å². The molecule has 4 aromatic carbocycles. The molecule has 0 amide bonds. The SMILES string of the molecule is CCCCC(OC)(C(=O)c1ccccc1)C(=O)c1ccccc1.CCN(CC)c1ccc(C(=O)c2ccccc2C(=O)O)c(O)c1. The minimum Gasteiger partial charge on any atom is -0.507 e. The van der Waals surface area contributed by atoms with Crippen LogP contribution in [-0.4, -0.2) is 59.3 Å². The van der Waals surface area contributed by atoms with Crippen LogP contribution in [0.1, 0.15) is 87.0 Å². The Bertz CT molecular complexity index is 1580. The molecule has 0 atom stereocenters. The van der Waals surface area contributed by atoms with E-state index in [-0.39, 0.29) is 34.0 Å². The molecule has 2 N–H and O–H groups in total. The lowest BCUT2D eigenvalue weighted by Gasteiger charge is -2.29. The van der Waals surface area contributed by atoms with E-state index in [1.54, 1.807) is 66.7 Å². The number of rotatable bonds is 14. The second-order valence-electron chi connectivity index (χ2n) is 10.6. The molecule has 0 aromatic heterocycles. The number of methoxy groups -OCH3 is 1. The van der Waals surface area contributed by atoms with Gasteiger partial charge >= 0.3 is 5.97 Å². The molecule has 0 bridgehead atoms. The lowest BCUT2D eigenvalue weighted by molar-refractivity contribution is 0.00382. The van der Waals surface area contributed by atoms with E-state index in [9.17, 15) is 29.4 Å². The molecule has 240 valence electrons. The number of phenols is 1. The van der Waals surface area contributed by atoms with E-state index in [1.165, 1.54) is 31.4 Å². The smallest absolute Gasteiger partial charge is 0.336 e. The fourth-order valence-electron chi connectivity index (χ4n) is 5.20. The highest BCUT2D eigenvalue weighted by molar-refractivity contribution is 6.22. The van der Waals surface area contributed by atoms with E-state index >= 15 is 0 Å². The Morgan fingerprint density at radius 2 is 1.20 bits per heavy atom. The van der Waals surface area contributed by atoms with E-state index in [0.29, 0.717) is 17.5 Å². The van der Waals surface area contributed by atoms with Crippen LogP contribution in [0.15, 0.2) is 103 Å². The molecule has 0 radical (unpaired) electrons. The van der Waals surface area contributed by atoms with Crippen LogP contribution in [-0.2, 0) is 4.74 Å². The van der Waals surface area contributed by atoms with Crippen molar-refractivity contribution in [2.45, 2.75) is 45.6 Å². The number of carboxylic acids is 1. The number of ether oxygens (including phenoxy) is 1. The van der Waals surface area contributed by atoms with Gasteiger partial charge in [0.1, 0.15) is 5.75 Å². The normalized spacial score (nSPS) is 10.8.